The predicted molar refractivity (Wildman–Crippen MR) is 46.6 cm³/mol. The van der Waals surface area contributed by atoms with Gasteiger partial charge in [0.2, 0.25) is 11.8 Å². The van der Waals surface area contributed by atoms with E-state index in [1.54, 1.807) is 0 Å². The van der Waals surface area contributed by atoms with E-state index >= 15 is 0 Å². The largest absolute Gasteiger partial charge is 0.481 e. The van der Waals surface area contributed by atoms with Crippen LogP contribution in [0.15, 0.2) is 12.1 Å². The molecular weight excluding hydrogens is 188 g/mol. The first kappa shape index (κ1) is 10.3. The van der Waals surface area contributed by atoms with Gasteiger partial charge in [0.25, 0.3) is 5.91 Å². The molecule has 0 unspecified atom stereocenters. The van der Waals surface area contributed by atoms with E-state index < -0.39 is 5.91 Å². The highest BCUT2D eigenvalue weighted by Gasteiger charge is 2.09. The Hall–Kier alpha value is -1.82. The Balaban J connectivity index is 3.10. The number of amides is 1. The predicted octanol–water partition coefficient (Wildman–Crippen LogP) is 0.218. The van der Waals surface area contributed by atoms with Crippen LogP contribution in [-0.4, -0.2) is 30.3 Å². The zero-order valence-electron chi connectivity index (χ0n) is 7.77. The topological polar surface area (TPSA) is 80.7 Å². The molecule has 1 amide bonds. The minimum atomic E-state index is -0.649. The van der Waals surface area contributed by atoms with Crippen molar-refractivity contribution in [2.75, 3.05) is 14.2 Å². The Bertz CT molecular complexity index is 318. The van der Waals surface area contributed by atoms with Crippen LogP contribution in [0.3, 0.4) is 0 Å². The second-order valence-corrected chi connectivity index (χ2v) is 2.38. The van der Waals surface area contributed by atoms with Crippen molar-refractivity contribution in [3.8, 4) is 11.8 Å². The lowest BCUT2D eigenvalue weighted by Crippen LogP contribution is -2.18. The molecular formula is C8H10N2O4. The first-order valence-corrected chi connectivity index (χ1v) is 3.75. The second kappa shape index (κ2) is 4.43. The summed E-state index contributed by atoms with van der Waals surface area (Å²) in [6, 6.07) is 2.77. The molecule has 0 bridgehead atoms. The maximum atomic E-state index is 11.0. The summed E-state index contributed by atoms with van der Waals surface area (Å²) in [7, 11) is 2.84. The van der Waals surface area contributed by atoms with Gasteiger partial charge in [-0.1, -0.05) is 0 Å². The molecule has 0 aromatic carbocycles. The number of hydroxylamine groups is 1. The Morgan fingerprint density at radius 3 is 2.21 bits per heavy atom. The molecule has 14 heavy (non-hydrogen) atoms. The maximum Gasteiger partial charge on any atom is 0.275 e. The molecule has 6 heteroatoms. The Morgan fingerprint density at radius 1 is 1.36 bits per heavy atom. The number of hydrogen-bond donors (Lipinski definition) is 2. The molecule has 0 aliphatic rings. The summed E-state index contributed by atoms with van der Waals surface area (Å²) in [5, 5.41) is 8.41. The van der Waals surface area contributed by atoms with E-state index in [4.69, 9.17) is 14.7 Å². The Morgan fingerprint density at radius 2 is 1.86 bits per heavy atom. The van der Waals surface area contributed by atoms with Crippen LogP contribution in [0.25, 0.3) is 0 Å². The molecule has 6 nitrogen and oxygen atoms in total. The van der Waals surface area contributed by atoms with Gasteiger partial charge in [-0.25, -0.2) is 5.48 Å². The number of carbonyl (C=O) groups excluding carboxylic acids is 1. The van der Waals surface area contributed by atoms with Gasteiger partial charge < -0.3 is 9.47 Å². The molecule has 0 radical (unpaired) electrons. The van der Waals surface area contributed by atoms with Gasteiger partial charge in [-0.05, 0) is 0 Å². The highest BCUT2D eigenvalue weighted by Crippen LogP contribution is 2.17. The summed E-state index contributed by atoms with van der Waals surface area (Å²) >= 11 is 0. The van der Waals surface area contributed by atoms with Gasteiger partial charge in [-0.3, -0.25) is 10.0 Å². The third kappa shape index (κ3) is 2.11. The smallest absolute Gasteiger partial charge is 0.275 e. The number of rotatable bonds is 3. The molecule has 76 valence electrons. The van der Waals surface area contributed by atoms with Crippen molar-refractivity contribution in [1.29, 1.82) is 0 Å². The summed E-state index contributed by atoms with van der Waals surface area (Å²) in [6.45, 7) is 0. The molecule has 0 aliphatic carbocycles. The zero-order chi connectivity index (χ0) is 10.6. The van der Waals surface area contributed by atoms with E-state index in [0.717, 1.165) is 0 Å². The Labute approximate surface area is 80.4 Å². The third-order valence-corrected chi connectivity index (χ3v) is 1.56. The van der Waals surface area contributed by atoms with Crippen molar-refractivity contribution in [2.45, 2.75) is 0 Å². The minimum absolute atomic E-state index is 0.205. The van der Waals surface area contributed by atoms with Gasteiger partial charge in [0.15, 0.2) is 0 Å². The van der Waals surface area contributed by atoms with E-state index in [9.17, 15) is 4.79 Å². The van der Waals surface area contributed by atoms with Crippen molar-refractivity contribution in [3.63, 3.8) is 0 Å². The molecule has 0 fully saturated rings. The summed E-state index contributed by atoms with van der Waals surface area (Å²) < 4.78 is 9.68. The number of carbonyl (C=O) groups is 1. The molecule has 0 spiro atoms. The first-order valence-electron chi connectivity index (χ1n) is 3.75. The molecule has 1 aromatic rings. The van der Waals surface area contributed by atoms with Crippen LogP contribution in [0.2, 0.25) is 0 Å². The van der Waals surface area contributed by atoms with Crippen molar-refractivity contribution in [3.05, 3.63) is 17.7 Å². The van der Waals surface area contributed by atoms with Crippen molar-refractivity contribution in [1.82, 2.24) is 10.5 Å². The first-order chi connectivity index (χ1) is 6.71. The van der Waals surface area contributed by atoms with Crippen LogP contribution < -0.4 is 15.0 Å². The Kier molecular flexibility index (Phi) is 3.24. The van der Waals surface area contributed by atoms with Gasteiger partial charge in [0.1, 0.15) is 0 Å². The van der Waals surface area contributed by atoms with Gasteiger partial charge >= 0.3 is 0 Å². The zero-order valence-corrected chi connectivity index (χ0v) is 7.77. The van der Waals surface area contributed by atoms with Gasteiger partial charge in [0.05, 0.1) is 19.8 Å². The van der Waals surface area contributed by atoms with Gasteiger partial charge in [-0.15, -0.1) is 0 Å². The van der Waals surface area contributed by atoms with Crippen LogP contribution >= 0.6 is 0 Å². The molecule has 1 aromatic heterocycles. The fraction of sp³-hybridized carbons (Fsp3) is 0.250. The van der Waals surface area contributed by atoms with Crippen LogP contribution in [0.1, 0.15) is 10.4 Å². The lowest BCUT2D eigenvalue weighted by molar-refractivity contribution is 0.0705. The number of aromatic nitrogens is 1. The number of ether oxygens (including phenoxy) is 2. The average Bonchev–Trinajstić information content (AvgIpc) is 2.27. The van der Waals surface area contributed by atoms with Crippen molar-refractivity contribution < 1.29 is 19.5 Å². The van der Waals surface area contributed by atoms with E-state index in [-0.39, 0.29) is 17.3 Å². The quantitative estimate of drug-likeness (QED) is 0.536. The normalized spacial score (nSPS) is 9.36. The molecule has 0 aliphatic heterocycles. The summed E-state index contributed by atoms with van der Waals surface area (Å²) in [4.78, 5) is 14.9. The van der Waals surface area contributed by atoms with Crippen molar-refractivity contribution in [2.24, 2.45) is 0 Å². The summed E-state index contributed by atoms with van der Waals surface area (Å²) in [6.07, 6.45) is 0. The van der Waals surface area contributed by atoms with Crippen LogP contribution in [0.5, 0.6) is 11.8 Å². The lowest BCUT2D eigenvalue weighted by atomic mass is 10.2. The van der Waals surface area contributed by atoms with Crippen molar-refractivity contribution >= 4 is 5.91 Å². The minimum Gasteiger partial charge on any atom is -0.481 e. The summed E-state index contributed by atoms with van der Waals surface area (Å²) in [5.41, 5.74) is 1.71. The SMILES string of the molecule is COc1cc(C(=O)NO)cc(OC)n1. The fourth-order valence-electron chi connectivity index (χ4n) is 0.886. The van der Waals surface area contributed by atoms with Gasteiger partial charge in [0, 0.05) is 12.1 Å². The monoisotopic (exact) mass is 198 g/mol. The average molecular weight is 198 g/mol. The van der Waals surface area contributed by atoms with E-state index in [1.165, 1.54) is 31.8 Å². The molecule has 2 N–H and O–H groups in total. The van der Waals surface area contributed by atoms with Crippen LogP contribution in [0, 0.1) is 0 Å². The van der Waals surface area contributed by atoms with E-state index in [0.29, 0.717) is 0 Å². The number of hydrogen-bond acceptors (Lipinski definition) is 5. The van der Waals surface area contributed by atoms with E-state index in [1.807, 2.05) is 0 Å². The lowest BCUT2D eigenvalue weighted by Gasteiger charge is -2.05. The van der Waals surface area contributed by atoms with Crippen LogP contribution in [-0.2, 0) is 0 Å². The standard InChI is InChI=1S/C8H10N2O4/c1-13-6-3-5(8(11)10-12)4-7(9-6)14-2/h3-4,12H,1-2H3,(H,10,11). The number of nitrogens with zero attached hydrogens (tertiary/aromatic N) is 1. The number of nitrogens with one attached hydrogen (secondary N) is 1. The third-order valence-electron chi connectivity index (χ3n) is 1.56. The molecule has 0 saturated heterocycles. The fourth-order valence-corrected chi connectivity index (χ4v) is 0.886. The van der Waals surface area contributed by atoms with Gasteiger partial charge in [-0.2, -0.15) is 4.98 Å². The number of pyridine rings is 1. The highest BCUT2D eigenvalue weighted by atomic mass is 16.5. The summed E-state index contributed by atoms with van der Waals surface area (Å²) in [5.74, 6) is -0.171. The second-order valence-electron chi connectivity index (χ2n) is 2.38. The maximum absolute atomic E-state index is 11.0. The highest BCUT2D eigenvalue weighted by molar-refractivity contribution is 5.93. The molecule has 1 heterocycles. The van der Waals surface area contributed by atoms with E-state index in [2.05, 4.69) is 4.98 Å². The number of methoxy groups -OCH3 is 2. The molecule has 1 rings (SSSR count). The molecule has 0 atom stereocenters. The van der Waals surface area contributed by atoms with Crippen LogP contribution in [0.4, 0.5) is 0 Å². The molecule has 0 saturated carbocycles.